The Bertz CT molecular complexity index is 783. The van der Waals surface area contributed by atoms with E-state index in [0.717, 1.165) is 35.5 Å². The van der Waals surface area contributed by atoms with Crippen molar-refractivity contribution in [1.29, 1.82) is 0 Å². The van der Waals surface area contributed by atoms with Crippen molar-refractivity contribution in [2.45, 2.75) is 18.8 Å². The minimum Gasteiger partial charge on any atom is -0.311 e. The van der Waals surface area contributed by atoms with Gasteiger partial charge in [-0.2, -0.15) is 0 Å². The van der Waals surface area contributed by atoms with Crippen LogP contribution in [-0.2, 0) is 18.8 Å². The molecule has 6 heteroatoms. The molecule has 108 valence electrons. The standard InChI is InChI=1S/C15H12Cl3N3/c16-9-14-20-13-2-1-6-19-15(13)21(14)7-5-10-3-4-11(17)8-12(10)18/h1-4,6,8H,5,7,9H2. The largest absolute Gasteiger partial charge is 0.311 e. The fourth-order valence-corrected chi connectivity index (χ4v) is 3.01. The normalized spacial score (nSPS) is 11.2. The smallest absolute Gasteiger partial charge is 0.160 e. The highest BCUT2D eigenvalue weighted by Gasteiger charge is 2.11. The molecule has 1 aromatic carbocycles. The second-order valence-corrected chi connectivity index (χ2v) is 5.76. The first-order valence-corrected chi connectivity index (χ1v) is 7.78. The van der Waals surface area contributed by atoms with Crippen molar-refractivity contribution in [3.05, 3.63) is 58.0 Å². The van der Waals surface area contributed by atoms with Gasteiger partial charge in [0, 0.05) is 22.8 Å². The molecule has 3 nitrogen and oxygen atoms in total. The molecule has 0 aliphatic carbocycles. The van der Waals surface area contributed by atoms with Crippen molar-refractivity contribution in [3.8, 4) is 0 Å². The second-order valence-electron chi connectivity index (χ2n) is 4.65. The molecule has 0 saturated carbocycles. The number of fused-ring (bicyclic) bond motifs is 1. The lowest BCUT2D eigenvalue weighted by atomic mass is 10.1. The lowest BCUT2D eigenvalue weighted by molar-refractivity contribution is 0.682. The van der Waals surface area contributed by atoms with Crippen molar-refractivity contribution >= 4 is 46.0 Å². The summed E-state index contributed by atoms with van der Waals surface area (Å²) in [5.41, 5.74) is 2.74. The molecular formula is C15H12Cl3N3. The van der Waals surface area contributed by atoms with Crippen LogP contribution in [0.25, 0.3) is 11.2 Å². The Kier molecular flexibility index (Phi) is 4.34. The molecule has 3 rings (SSSR count). The van der Waals surface area contributed by atoms with Crippen molar-refractivity contribution in [2.75, 3.05) is 0 Å². The quantitative estimate of drug-likeness (QED) is 0.643. The summed E-state index contributed by atoms with van der Waals surface area (Å²) in [6, 6.07) is 9.34. The van der Waals surface area contributed by atoms with Crippen molar-refractivity contribution < 1.29 is 0 Å². The van der Waals surface area contributed by atoms with E-state index in [4.69, 9.17) is 34.8 Å². The molecule has 0 unspecified atom stereocenters. The molecule has 2 heterocycles. The molecule has 0 spiro atoms. The predicted octanol–water partition coefficient (Wildman–Crippen LogP) is 4.72. The number of imidazole rings is 1. The zero-order valence-electron chi connectivity index (χ0n) is 11.1. The molecule has 0 amide bonds. The maximum Gasteiger partial charge on any atom is 0.160 e. The Morgan fingerprint density at radius 2 is 2.00 bits per heavy atom. The summed E-state index contributed by atoms with van der Waals surface area (Å²) >= 11 is 18.1. The number of rotatable bonds is 4. The topological polar surface area (TPSA) is 30.7 Å². The van der Waals surface area contributed by atoms with Gasteiger partial charge in [-0.3, -0.25) is 0 Å². The van der Waals surface area contributed by atoms with Gasteiger partial charge >= 0.3 is 0 Å². The van der Waals surface area contributed by atoms with E-state index in [2.05, 4.69) is 9.97 Å². The summed E-state index contributed by atoms with van der Waals surface area (Å²) in [6.07, 6.45) is 2.52. The summed E-state index contributed by atoms with van der Waals surface area (Å²) in [4.78, 5) is 8.88. The number of halogens is 3. The van der Waals surface area contributed by atoms with E-state index in [1.807, 2.05) is 28.8 Å². The van der Waals surface area contributed by atoms with Crippen molar-refractivity contribution in [3.63, 3.8) is 0 Å². The van der Waals surface area contributed by atoms with Gasteiger partial charge in [-0.1, -0.05) is 29.3 Å². The highest BCUT2D eigenvalue weighted by molar-refractivity contribution is 6.35. The van der Waals surface area contributed by atoms with Crippen LogP contribution in [0, 0.1) is 0 Å². The molecule has 0 radical (unpaired) electrons. The fraction of sp³-hybridized carbons (Fsp3) is 0.200. The summed E-state index contributed by atoms with van der Waals surface area (Å²) in [5.74, 6) is 1.17. The third kappa shape index (κ3) is 3.00. The number of alkyl halides is 1. The fourth-order valence-electron chi connectivity index (χ4n) is 2.30. The number of hydrogen-bond acceptors (Lipinski definition) is 2. The number of aryl methyl sites for hydroxylation is 2. The van der Waals surface area contributed by atoms with Crippen molar-refractivity contribution in [2.24, 2.45) is 0 Å². The first-order chi connectivity index (χ1) is 10.2. The second kappa shape index (κ2) is 6.22. The molecule has 0 atom stereocenters. The highest BCUT2D eigenvalue weighted by atomic mass is 35.5. The molecule has 0 fully saturated rings. The van der Waals surface area contributed by atoms with E-state index in [9.17, 15) is 0 Å². The number of benzene rings is 1. The minimum atomic E-state index is 0.352. The van der Waals surface area contributed by atoms with Gasteiger partial charge in [-0.25, -0.2) is 9.97 Å². The average molecular weight is 341 g/mol. The van der Waals surface area contributed by atoms with Crippen LogP contribution in [0.2, 0.25) is 10.0 Å². The van der Waals surface area contributed by atoms with Gasteiger partial charge in [-0.15, -0.1) is 11.6 Å². The lowest BCUT2D eigenvalue weighted by Gasteiger charge is -2.08. The third-order valence-electron chi connectivity index (χ3n) is 3.32. The van der Waals surface area contributed by atoms with Crippen LogP contribution in [0.1, 0.15) is 11.4 Å². The molecule has 0 N–H and O–H groups in total. The zero-order chi connectivity index (χ0) is 14.8. The first kappa shape index (κ1) is 14.6. The Morgan fingerprint density at radius 3 is 2.76 bits per heavy atom. The molecule has 3 aromatic rings. The maximum atomic E-state index is 6.21. The summed E-state index contributed by atoms with van der Waals surface area (Å²) in [5, 5.41) is 1.31. The van der Waals surface area contributed by atoms with Crippen LogP contribution < -0.4 is 0 Å². The third-order valence-corrected chi connectivity index (χ3v) is 4.15. The Balaban J connectivity index is 1.91. The van der Waals surface area contributed by atoms with Gasteiger partial charge < -0.3 is 4.57 Å². The van der Waals surface area contributed by atoms with Crippen LogP contribution in [0.5, 0.6) is 0 Å². The highest BCUT2D eigenvalue weighted by Crippen LogP contribution is 2.23. The summed E-state index contributed by atoms with van der Waals surface area (Å²) in [7, 11) is 0. The van der Waals surface area contributed by atoms with Gasteiger partial charge in [0.1, 0.15) is 11.3 Å². The summed E-state index contributed by atoms with van der Waals surface area (Å²) < 4.78 is 2.03. The lowest BCUT2D eigenvalue weighted by Crippen LogP contribution is -2.06. The number of hydrogen-bond donors (Lipinski definition) is 0. The monoisotopic (exact) mass is 339 g/mol. The molecule has 0 aliphatic rings. The van der Waals surface area contributed by atoms with Gasteiger partial charge in [0.15, 0.2) is 5.65 Å². The number of aromatic nitrogens is 3. The summed E-state index contributed by atoms with van der Waals surface area (Å²) in [6.45, 7) is 0.719. The molecular weight excluding hydrogens is 329 g/mol. The first-order valence-electron chi connectivity index (χ1n) is 6.49. The average Bonchev–Trinajstić information content (AvgIpc) is 2.84. The Morgan fingerprint density at radius 1 is 1.14 bits per heavy atom. The maximum absolute atomic E-state index is 6.21. The Labute approximate surface area is 137 Å². The zero-order valence-corrected chi connectivity index (χ0v) is 13.3. The van der Waals surface area contributed by atoms with E-state index < -0.39 is 0 Å². The molecule has 0 bridgehead atoms. The molecule has 0 aliphatic heterocycles. The van der Waals surface area contributed by atoms with Crippen LogP contribution in [0.15, 0.2) is 36.5 Å². The SMILES string of the molecule is ClCc1nc2cccnc2n1CCc1ccc(Cl)cc1Cl. The van der Waals surface area contributed by atoms with Gasteiger partial charge in [0.2, 0.25) is 0 Å². The van der Waals surface area contributed by atoms with E-state index in [0.29, 0.717) is 15.9 Å². The van der Waals surface area contributed by atoms with E-state index in [1.54, 1.807) is 12.3 Å². The molecule has 0 saturated heterocycles. The van der Waals surface area contributed by atoms with Crippen LogP contribution in [0.4, 0.5) is 0 Å². The Hall–Kier alpha value is -1.29. The van der Waals surface area contributed by atoms with Crippen LogP contribution in [-0.4, -0.2) is 14.5 Å². The predicted molar refractivity (Wildman–Crippen MR) is 87.3 cm³/mol. The van der Waals surface area contributed by atoms with Gasteiger partial charge in [0.05, 0.1) is 5.88 Å². The number of pyridine rings is 1. The molecule has 21 heavy (non-hydrogen) atoms. The number of nitrogens with zero attached hydrogens (tertiary/aromatic N) is 3. The van der Waals surface area contributed by atoms with E-state index in [-0.39, 0.29) is 0 Å². The van der Waals surface area contributed by atoms with E-state index in [1.165, 1.54) is 0 Å². The van der Waals surface area contributed by atoms with Gasteiger partial charge in [-0.05, 0) is 36.2 Å². The van der Waals surface area contributed by atoms with Gasteiger partial charge in [0.25, 0.3) is 0 Å². The van der Waals surface area contributed by atoms with Crippen LogP contribution >= 0.6 is 34.8 Å². The molecule has 2 aromatic heterocycles. The van der Waals surface area contributed by atoms with Crippen molar-refractivity contribution in [1.82, 2.24) is 14.5 Å². The minimum absolute atomic E-state index is 0.352. The van der Waals surface area contributed by atoms with E-state index >= 15 is 0 Å². The van der Waals surface area contributed by atoms with Crippen LogP contribution in [0.3, 0.4) is 0 Å².